The summed E-state index contributed by atoms with van der Waals surface area (Å²) >= 11 is 0. The van der Waals surface area contributed by atoms with Gasteiger partial charge in [-0.15, -0.1) is 5.10 Å². The van der Waals surface area contributed by atoms with E-state index in [1.807, 2.05) is 49.4 Å². The molecular weight excluding hydrogens is 372 g/mol. The maximum atomic E-state index is 12.8. The van der Waals surface area contributed by atoms with Crippen molar-refractivity contribution >= 4 is 11.6 Å². The van der Waals surface area contributed by atoms with Crippen LogP contribution >= 0.6 is 0 Å². The molecule has 8 nitrogen and oxygen atoms in total. The molecule has 1 N–H and O–H groups in total. The van der Waals surface area contributed by atoms with E-state index in [1.54, 1.807) is 18.9 Å². The summed E-state index contributed by atoms with van der Waals surface area (Å²) in [5.74, 6) is 1.03. The van der Waals surface area contributed by atoms with Crippen molar-refractivity contribution in [1.82, 2.24) is 15.0 Å². The van der Waals surface area contributed by atoms with Crippen LogP contribution in [0.4, 0.5) is 5.69 Å². The van der Waals surface area contributed by atoms with Crippen molar-refractivity contribution in [2.45, 2.75) is 26.2 Å². The number of aryl methyl sites for hydroxylation is 1. The Balaban J connectivity index is 1.52. The van der Waals surface area contributed by atoms with Gasteiger partial charge in [0.15, 0.2) is 5.69 Å². The fourth-order valence-corrected chi connectivity index (χ4v) is 3.31. The minimum Gasteiger partial charge on any atom is -0.497 e. The second-order valence-corrected chi connectivity index (χ2v) is 6.80. The number of nitrogens with zero attached hydrogens (tertiary/aromatic N) is 3. The van der Waals surface area contributed by atoms with Crippen molar-refractivity contribution in [3.63, 3.8) is 0 Å². The van der Waals surface area contributed by atoms with Gasteiger partial charge in [0.2, 0.25) is 0 Å². The van der Waals surface area contributed by atoms with E-state index in [-0.39, 0.29) is 24.3 Å². The number of hydrogen-bond donors (Lipinski definition) is 1. The van der Waals surface area contributed by atoms with Gasteiger partial charge in [-0.25, -0.2) is 4.68 Å². The molecule has 1 amide bonds. The lowest BCUT2D eigenvalue weighted by molar-refractivity contribution is -0.00173. The molecule has 0 aliphatic carbocycles. The van der Waals surface area contributed by atoms with Gasteiger partial charge in [-0.3, -0.25) is 4.79 Å². The lowest BCUT2D eigenvalue weighted by Gasteiger charge is -2.24. The Kier molecular flexibility index (Phi) is 5.18. The molecule has 8 heteroatoms. The summed E-state index contributed by atoms with van der Waals surface area (Å²) in [7, 11) is 3.19. The SMILES string of the molecule is COc1ccc([C@@H]2Cn3nnc(C(=O)Nc4cc(C)ccc4OC)c3CO2)cc1. The quantitative estimate of drug-likeness (QED) is 0.715. The predicted molar refractivity (Wildman–Crippen MR) is 106 cm³/mol. The number of aromatic nitrogens is 3. The summed E-state index contributed by atoms with van der Waals surface area (Å²) in [6.45, 7) is 2.68. The van der Waals surface area contributed by atoms with E-state index in [0.717, 1.165) is 16.9 Å². The monoisotopic (exact) mass is 394 g/mol. The summed E-state index contributed by atoms with van der Waals surface area (Å²) < 4.78 is 18.2. The van der Waals surface area contributed by atoms with E-state index in [9.17, 15) is 4.79 Å². The summed E-state index contributed by atoms with van der Waals surface area (Å²) in [6.07, 6.45) is -0.164. The average Bonchev–Trinajstić information content (AvgIpc) is 3.17. The Morgan fingerprint density at radius 1 is 1.17 bits per heavy atom. The Bertz CT molecular complexity index is 1030. The van der Waals surface area contributed by atoms with Crippen LogP contribution in [-0.2, 0) is 17.9 Å². The van der Waals surface area contributed by atoms with Gasteiger partial charge in [0.25, 0.3) is 5.91 Å². The zero-order chi connectivity index (χ0) is 20.4. The van der Waals surface area contributed by atoms with Crippen molar-refractivity contribution in [1.29, 1.82) is 0 Å². The molecule has 2 aromatic carbocycles. The van der Waals surface area contributed by atoms with Crippen LogP contribution in [-0.4, -0.2) is 35.1 Å². The number of nitrogens with one attached hydrogen (secondary N) is 1. The number of anilines is 1. The Labute approximate surface area is 168 Å². The number of benzene rings is 2. The first-order valence-corrected chi connectivity index (χ1v) is 9.23. The maximum Gasteiger partial charge on any atom is 0.278 e. The minimum atomic E-state index is -0.346. The summed E-state index contributed by atoms with van der Waals surface area (Å²) in [6, 6.07) is 13.3. The first kappa shape index (κ1) is 18.9. The molecule has 0 bridgehead atoms. The van der Waals surface area contributed by atoms with Crippen molar-refractivity contribution in [3.8, 4) is 11.5 Å². The summed E-state index contributed by atoms with van der Waals surface area (Å²) in [4.78, 5) is 12.8. The van der Waals surface area contributed by atoms with Crippen LogP contribution < -0.4 is 14.8 Å². The van der Waals surface area contributed by atoms with Gasteiger partial charge in [0.1, 0.15) is 17.6 Å². The molecule has 0 unspecified atom stereocenters. The largest absolute Gasteiger partial charge is 0.497 e. The molecule has 3 aromatic rings. The van der Waals surface area contributed by atoms with E-state index in [1.165, 1.54) is 0 Å². The normalized spacial score (nSPS) is 15.5. The molecule has 0 fully saturated rings. The molecule has 29 heavy (non-hydrogen) atoms. The second-order valence-electron chi connectivity index (χ2n) is 6.80. The standard InChI is InChI=1S/C21H22N4O4/c1-13-4-9-18(28-3)16(10-13)22-21(26)20-17-12-29-19(11-25(17)24-23-20)14-5-7-15(27-2)8-6-14/h4-10,19H,11-12H2,1-3H3,(H,22,26)/t19-/m0/s1. The Hall–Kier alpha value is -3.39. The Morgan fingerprint density at radius 3 is 2.69 bits per heavy atom. The maximum absolute atomic E-state index is 12.8. The number of carbonyl (C=O) groups is 1. The van der Waals surface area contributed by atoms with Gasteiger partial charge >= 0.3 is 0 Å². The third-order valence-electron chi connectivity index (χ3n) is 4.90. The molecule has 0 spiro atoms. The highest BCUT2D eigenvalue weighted by Crippen LogP contribution is 2.29. The fourth-order valence-electron chi connectivity index (χ4n) is 3.31. The highest BCUT2D eigenvalue weighted by molar-refractivity contribution is 6.04. The van der Waals surface area contributed by atoms with Crippen LogP contribution in [0.5, 0.6) is 11.5 Å². The molecule has 1 aliphatic heterocycles. The number of hydrogen-bond acceptors (Lipinski definition) is 6. The third kappa shape index (κ3) is 3.79. The Morgan fingerprint density at radius 2 is 1.97 bits per heavy atom. The van der Waals surface area contributed by atoms with Crippen LogP contribution in [0.1, 0.15) is 33.4 Å². The highest BCUT2D eigenvalue weighted by atomic mass is 16.5. The predicted octanol–water partition coefficient (Wildman–Crippen LogP) is 3.13. The molecule has 4 rings (SSSR count). The average molecular weight is 394 g/mol. The highest BCUT2D eigenvalue weighted by Gasteiger charge is 2.28. The lowest BCUT2D eigenvalue weighted by atomic mass is 10.1. The van der Waals surface area contributed by atoms with Crippen molar-refractivity contribution in [2.75, 3.05) is 19.5 Å². The van der Waals surface area contributed by atoms with Crippen LogP contribution in [0.3, 0.4) is 0 Å². The first-order chi connectivity index (χ1) is 14.1. The second kappa shape index (κ2) is 7.92. The van der Waals surface area contributed by atoms with Crippen LogP contribution in [0.2, 0.25) is 0 Å². The van der Waals surface area contributed by atoms with Gasteiger partial charge in [-0.2, -0.15) is 0 Å². The van der Waals surface area contributed by atoms with Crippen molar-refractivity contribution in [2.24, 2.45) is 0 Å². The van der Waals surface area contributed by atoms with Gasteiger partial charge in [0.05, 0.1) is 38.8 Å². The molecule has 0 saturated heterocycles. The third-order valence-corrected chi connectivity index (χ3v) is 4.90. The molecule has 1 atom stereocenters. The summed E-state index contributed by atoms with van der Waals surface area (Å²) in [5, 5.41) is 11.1. The minimum absolute atomic E-state index is 0.164. The van der Waals surface area contributed by atoms with Gasteiger partial charge in [-0.05, 0) is 42.3 Å². The molecule has 1 aromatic heterocycles. The molecule has 0 saturated carbocycles. The lowest BCUT2D eigenvalue weighted by Crippen LogP contribution is -2.24. The van der Waals surface area contributed by atoms with Crippen LogP contribution in [0.25, 0.3) is 0 Å². The van der Waals surface area contributed by atoms with E-state index < -0.39 is 0 Å². The van der Waals surface area contributed by atoms with E-state index in [2.05, 4.69) is 15.6 Å². The van der Waals surface area contributed by atoms with Gasteiger partial charge in [0, 0.05) is 0 Å². The van der Waals surface area contributed by atoms with E-state index >= 15 is 0 Å². The zero-order valence-corrected chi connectivity index (χ0v) is 16.5. The van der Waals surface area contributed by atoms with E-state index in [4.69, 9.17) is 14.2 Å². The van der Waals surface area contributed by atoms with Gasteiger partial charge in [-0.1, -0.05) is 23.4 Å². The summed E-state index contributed by atoms with van der Waals surface area (Å²) in [5.41, 5.74) is 3.52. The van der Waals surface area contributed by atoms with E-state index in [0.29, 0.717) is 23.7 Å². The van der Waals surface area contributed by atoms with Crippen molar-refractivity contribution < 1.29 is 19.0 Å². The number of methoxy groups -OCH3 is 2. The number of amides is 1. The number of rotatable bonds is 5. The zero-order valence-electron chi connectivity index (χ0n) is 16.5. The van der Waals surface area contributed by atoms with Crippen molar-refractivity contribution in [3.05, 3.63) is 65.0 Å². The smallest absolute Gasteiger partial charge is 0.278 e. The molecule has 1 aliphatic rings. The van der Waals surface area contributed by atoms with Crippen LogP contribution in [0, 0.1) is 6.92 Å². The molecule has 0 radical (unpaired) electrons. The topological polar surface area (TPSA) is 87.5 Å². The number of fused-ring (bicyclic) bond motifs is 1. The molecule has 2 heterocycles. The van der Waals surface area contributed by atoms with Crippen LogP contribution in [0.15, 0.2) is 42.5 Å². The number of carbonyl (C=O) groups excluding carboxylic acids is 1. The fraction of sp³-hybridized carbons (Fsp3) is 0.286. The molecular formula is C21H22N4O4. The molecule has 150 valence electrons. The van der Waals surface area contributed by atoms with Gasteiger partial charge < -0.3 is 19.5 Å². The first-order valence-electron chi connectivity index (χ1n) is 9.23. The number of ether oxygens (including phenoxy) is 3.